The Labute approximate surface area is 182 Å². The van der Waals surface area contributed by atoms with E-state index in [2.05, 4.69) is 20.5 Å². The highest BCUT2D eigenvalue weighted by atomic mass is 32.2. The monoisotopic (exact) mass is 439 g/mol. The van der Waals surface area contributed by atoms with Gasteiger partial charge in [-0.3, -0.25) is 9.36 Å². The molecule has 3 heterocycles. The molecular weight excluding hydrogens is 418 g/mol. The molecule has 0 unspecified atom stereocenters. The SMILES string of the molecule is CCn1c(SCc2csc(CC(=O)Nc3ccccc3C)n2)nnc1-c1ccco1. The van der Waals surface area contributed by atoms with E-state index in [1.165, 1.54) is 11.3 Å². The summed E-state index contributed by atoms with van der Waals surface area (Å²) in [6.45, 7) is 4.77. The quantitative estimate of drug-likeness (QED) is 0.397. The van der Waals surface area contributed by atoms with Crippen molar-refractivity contribution in [1.29, 1.82) is 0 Å². The third kappa shape index (κ3) is 4.63. The number of nitrogens with one attached hydrogen (secondary N) is 1. The van der Waals surface area contributed by atoms with Crippen LogP contribution >= 0.6 is 23.1 Å². The summed E-state index contributed by atoms with van der Waals surface area (Å²) in [4.78, 5) is 16.9. The molecule has 1 N–H and O–H groups in total. The largest absolute Gasteiger partial charge is 0.461 e. The van der Waals surface area contributed by atoms with Crippen LogP contribution in [0.1, 0.15) is 23.2 Å². The van der Waals surface area contributed by atoms with Gasteiger partial charge < -0.3 is 9.73 Å². The zero-order valence-corrected chi connectivity index (χ0v) is 18.3. The highest BCUT2D eigenvalue weighted by Crippen LogP contribution is 2.27. The Morgan fingerprint density at radius 2 is 2.10 bits per heavy atom. The number of thiazole rings is 1. The van der Waals surface area contributed by atoms with Crippen LogP contribution < -0.4 is 5.32 Å². The maximum Gasteiger partial charge on any atom is 0.231 e. The van der Waals surface area contributed by atoms with Crippen molar-refractivity contribution in [2.45, 2.75) is 37.7 Å². The molecule has 3 aromatic heterocycles. The molecule has 0 aliphatic carbocycles. The number of amides is 1. The molecule has 0 atom stereocenters. The minimum Gasteiger partial charge on any atom is -0.461 e. The van der Waals surface area contributed by atoms with Gasteiger partial charge in [-0.1, -0.05) is 30.0 Å². The number of aryl methyl sites for hydroxylation is 1. The molecule has 4 aromatic rings. The fraction of sp³-hybridized carbons (Fsp3) is 0.238. The van der Waals surface area contributed by atoms with Crippen LogP contribution in [0.3, 0.4) is 0 Å². The van der Waals surface area contributed by atoms with Crippen LogP contribution in [0.25, 0.3) is 11.6 Å². The van der Waals surface area contributed by atoms with Gasteiger partial charge in [-0.05, 0) is 37.6 Å². The zero-order valence-electron chi connectivity index (χ0n) is 16.7. The fourth-order valence-corrected chi connectivity index (χ4v) is 4.74. The summed E-state index contributed by atoms with van der Waals surface area (Å²) >= 11 is 3.07. The molecule has 9 heteroatoms. The van der Waals surface area contributed by atoms with Crippen LogP contribution in [0.15, 0.2) is 57.6 Å². The lowest BCUT2D eigenvalue weighted by molar-refractivity contribution is -0.115. The number of nitrogens with zero attached hydrogens (tertiary/aromatic N) is 4. The number of anilines is 1. The van der Waals surface area contributed by atoms with Gasteiger partial charge in [0, 0.05) is 23.4 Å². The van der Waals surface area contributed by atoms with E-state index >= 15 is 0 Å². The number of thioether (sulfide) groups is 1. The number of hydrogen-bond acceptors (Lipinski definition) is 7. The van der Waals surface area contributed by atoms with Gasteiger partial charge >= 0.3 is 0 Å². The Hall–Kier alpha value is -2.91. The standard InChI is InChI=1S/C21H21N5O2S2/c1-3-26-20(17-9-6-10-28-17)24-25-21(26)30-13-15-12-29-19(22-15)11-18(27)23-16-8-5-4-7-14(16)2/h4-10,12H,3,11,13H2,1-2H3,(H,23,27). The molecule has 0 spiro atoms. The Morgan fingerprint density at radius 1 is 1.23 bits per heavy atom. The first-order chi connectivity index (χ1) is 14.6. The summed E-state index contributed by atoms with van der Waals surface area (Å²) in [5, 5.41) is 15.1. The molecule has 30 heavy (non-hydrogen) atoms. The predicted octanol–water partition coefficient (Wildman–Crippen LogP) is 4.80. The Bertz CT molecular complexity index is 1130. The van der Waals surface area contributed by atoms with E-state index in [1.54, 1.807) is 18.0 Å². The Balaban J connectivity index is 1.36. The Morgan fingerprint density at radius 3 is 2.87 bits per heavy atom. The molecule has 0 bridgehead atoms. The van der Waals surface area contributed by atoms with Crippen LogP contribution in [-0.4, -0.2) is 25.7 Å². The average molecular weight is 440 g/mol. The molecule has 7 nitrogen and oxygen atoms in total. The van der Waals surface area contributed by atoms with Gasteiger partial charge in [0.1, 0.15) is 5.01 Å². The zero-order chi connectivity index (χ0) is 20.9. The summed E-state index contributed by atoms with van der Waals surface area (Å²) in [5.41, 5.74) is 2.80. The first-order valence-corrected chi connectivity index (χ1v) is 11.4. The van der Waals surface area contributed by atoms with Gasteiger partial charge in [0.25, 0.3) is 0 Å². The lowest BCUT2D eigenvalue weighted by Crippen LogP contribution is -2.15. The van der Waals surface area contributed by atoms with E-state index in [0.29, 0.717) is 11.5 Å². The second kappa shape index (κ2) is 9.27. The van der Waals surface area contributed by atoms with Gasteiger partial charge in [0.2, 0.25) is 5.91 Å². The molecule has 4 rings (SSSR count). The van der Waals surface area contributed by atoms with Crippen LogP contribution in [-0.2, 0) is 23.5 Å². The maximum atomic E-state index is 12.3. The molecule has 0 saturated carbocycles. The number of aromatic nitrogens is 4. The van der Waals surface area contributed by atoms with E-state index in [-0.39, 0.29) is 12.3 Å². The van der Waals surface area contributed by atoms with E-state index in [1.807, 2.05) is 60.2 Å². The third-order valence-electron chi connectivity index (χ3n) is 4.45. The molecule has 0 radical (unpaired) electrons. The number of carbonyl (C=O) groups is 1. The average Bonchev–Trinajstić information content (AvgIpc) is 3.48. The second-order valence-electron chi connectivity index (χ2n) is 6.59. The number of furan rings is 1. The van der Waals surface area contributed by atoms with Crippen molar-refractivity contribution in [1.82, 2.24) is 19.7 Å². The third-order valence-corrected chi connectivity index (χ3v) is 6.35. The maximum absolute atomic E-state index is 12.3. The van der Waals surface area contributed by atoms with Crippen molar-refractivity contribution in [3.63, 3.8) is 0 Å². The number of hydrogen-bond donors (Lipinski definition) is 1. The minimum absolute atomic E-state index is 0.0633. The molecule has 154 valence electrons. The molecule has 0 aliphatic heterocycles. The first kappa shape index (κ1) is 20.4. The van der Waals surface area contributed by atoms with Crippen molar-refractivity contribution in [2.75, 3.05) is 5.32 Å². The van der Waals surface area contributed by atoms with Crippen molar-refractivity contribution in [3.05, 3.63) is 64.3 Å². The molecule has 1 amide bonds. The summed E-state index contributed by atoms with van der Waals surface area (Å²) < 4.78 is 7.47. The molecule has 0 fully saturated rings. The van der Waals surface area contributed by atoms with E-state index in [0.717, 1.165) is 39.5 Å². The van der Waals surface area contributed by atoms with Gasteiger partial charge in [0.15, 0.2) is 16.7 Å². The van der Waals surface area contributed by atoms with E-state index in [4.69, 9.17) is 4.42 Å². The summed E-state index contributed by atoms with van der Waals surface area (Å²) in [5.74, 6) is 2.02. The first-order valence-electron chi connectivity index (χ1n) is 9.52. The number of para-hydroxylation sites is 1. The highest BCUT2D eigenvalue weighted by Gasteiger charge is 2.16. The highest BCUT2D eigenvalue weighted by molar-refractivity contribution is 7.98. The summed E-state index contributed by atoms with van der Waals surface area (Å²) in [6.07, 6.45) is 1.89. The normalized spacial score (nSPS) is 11.0. The second-order valence-corrected chi connectivity index (χ2v) is 8.47. The van der Waals surface area contributed by atoms with Crippen LogP contribution in [0.2, 0.25) is 0 Å². The van der Waals surface area contributed by atoms with Crippen LogP contribution in [0.4, 0.5) is 5.69 Å². The lowest BCUT2D eigenvalue weighted by atomic mass is 10.2. The smallest absolute Gasteiger partial charge is 0.231 e. The molecule has 0 aliphatic rings. The minimum atomic E-state index is -0.0633. The van der Waals surface area contributed by atoms with E-state index in [9.17, 15) is 4.79 Å². The number of carbonyl (C=O) groups excluding carboxylic acids is 1. The van der Waals surface area contributed by atoms with Crippen LogP contribution in [0, 0.1) is 6.92 Å². The van der Waals surface area contributed by atoms with Gasteiger partial charge in [-0.2, -0.15) is 0 Å². The van der Waals surface area contributed by atoms with Crippen LogP contribution in [0.5, 0.6) is 0 Å². The van der Waals surface area contributed by atoms with Crippen molar-refractivity contribution in [2.24, 2.45) is 0 Å². The number of rotatable bonds is 8. The van der Waals surface area contributed by atoms with Gasteiger partial charge in [-0.25, -0.2) is 4.98 Å². The van der Waals surface area contributed by atoms with Crippen molar-refractivity contribution >= 4 is 34.7 Å². The predicted molar refractivity (Wildman–Crippen MR) is 119 cm³/mol. The molecular formula is C21H21N5O2S2. The fourth-order valence-electron chi connectivity index (χ4n) is 2.95. The Kier molecular flexibility index (Phi) is 6.29. The molecule has 0 saturated heterocycles. The van der Waals surface area contributed by atoms with Gasteiger partial charge in [0.05, 0.1) is 18.4 Å². The lowest BCUT2D eigenvalue weighted by Gasteiger charge is -2.06. The van der Waals surface area contributed by atoms with E-state index < -0.39 is 0 Å². The summed E-state index contributed by atoms with van der Waals surface area (Å²) in [7, 11) is 0. The van der Waals surface area contributed by atoms with Crippen molar-refractivity contribution in [3.8, 4) is 11.6 Å². The molecule has 1 aromatic carbocycles. The topological polar surface area (TPSA) is 85.8 Å². The number of benzene rings is 1. The van der Waals surface area contributed by atoms with Crippen molar-refractivity contribution < 1.29 is 9.21 Å². The van der Waals surface area contributed by atoms with Gasteiger partial charge in [-0.15, -0.1) is 21.5 Å². The summed E-state index contributed by atoms with van der Waals surface area (Å²) in [6, 6.07) is 11.4.